The fourth-order valence-corrected chi connectivity index (χ4v) is 4.91. The monoisotopic (exact) mass is 445 g/mol. The largest absolute Gasteiger partial charge is 0.550 e. The van der Waals surface area contributed by atoms with Crippen molar-refractivity contribution in [3.05, 3.63) is 34.9 Å². The minimum absolute atomic E-state index is 0.0586. The number of aliphatic carboxylic acids is 1. The first-order valence-electron chi connectivity index (χ1n) is 12.6. The molecule has 0 aromatic rings. The van der Waals surface area contributed by atoms with E-state index in [9.17, 15) is 15.0 Å². The van der Waals surface area contributed by atoms with E-state index < -0.39 is 17.5 Å². The van der Waals surface area contributed by atoms with Gasteiger partial charge in [0.25, 0.3) is 0 Å². The molecule has 0 aromatic heterocycles. The summed E-state index contributed by atoms with van der Waals surface area (Å²) < 4.78 is 6.63. The Morgan fingerprint density at radius 3 is 2.75 bits per heavy atom. The Hall–Kier alpha value is -1.39. The molecular formula is C28H45O4-. The fraction of sp³-hybridized carbons (Fsp3) is 0.750. The van der Waals surface area contributed by atoms with Crippen molar-refractivity contribution in [2.45, 2.75) is 123 Å². The number of carbonyl (C=O) groups is 1. The summed E-state index contributed by atoms with van der Waals surface area (Å²) in [6, 6.07) is 0. The van der Waals surface area contributed by atoms with Crippen LogP contribution in [0.15, 0.2) is 34.9 Å². The third-order valence-corrected chi connectivity index (χ3v) is 7.66. The average molecular weight is 446 g/mol. The minimum atomic E-state index is -1.00. The highest BCUT2D eigenvalue weighted by Crippen LogP contribution is 2.41. The first-order valence-corrected chi connectivity index (χ1v) is 12.6. The number of carboxylic acids is 1. The third kappa shape index (κ3) is 8.19. The van der Waals surface area contributed by atoms with Crippen molar-refractivity contribution in [1.29, 1.82) is 0 Å². The van der Waals surface area contributed by atoms with Crippen LogP contribution in [0.25, 0.3) is 0 Å². The number of allylic oxidation sites excluding steroid dienone is 4. The molecule has 1 saturated heterocycles. The smallest absolute Gasteiger partial charge is 0.0858 e. The van der Waals surface area contributed by atoms with Crippen LogP contribution in [0.2, 0.25) is 0 Å². The molecule has 0 saturated carbocycles. The van der Waals surface area contributed by atoms with Crippen molar-refractivity contribution in [2.75, 3.05) is 0 Å². The van der Waals surface area contributed by atoms with Crippen molar-refractivity contribution in [2.24, 2.45) is 11.8 Å². The van der Waals surface area contributed by atoms with E-state index in [1.807, 2.05) is 6.92 Å². The van der Waals surface area contributed by atoms with E-state index in [4.69, 9.17) is 4.74 Å². The van der Waals surface area contributed by atoms with Crippen molar-refractivity contribution in [1.82, 2.24) is 0 Å². The minimum Gasteiger partial charge on any atom is -0.550 e. The molecule has 1 N–H and O–H groups in total. The second-order valence-corrected chi connectivity index (χ2v) is 11.0. The SMILES string of the molecule is CC1=CC=C2CCC(C)(CC/C=C(\C)CCCC(C)(O)CCCC(C)C(=O)[O-])OC2C1C. The number of hydrogen-bond donors (Lipinski definition) is 1. The molecule has 0 amide bonds. The molecule has 0 aromatic carbocycles. The van der Waals surface area contributed by atoms with E-state index in [2.05, 4.69) is 45.9 Å². The van der Waals surface area contributed by atoms with E-state index in [-0.39, 0.29) is 11.7 Å². The highest BCUT2D eigenvalue weighted by atomic mass is 16.5. The molecule has 2 rings (SSSR count). The van der Waals surface area contributed by atoms with Crippen LogP contribution in [0, 0.1) is 11.8 Å². The normalized spacial score (nSPS) is 28.9. The molecule has 0 radical (unpaired) electrons. The Labute approximate surface area is 195 Å². The lowest BCUT2D eigenvalue weighted by Crippen LogP contribution is -2.43. The Balaban J connectivity index is 1.70. The topological polar surface area (TPSA) is 69.6 Å². The maximum absolute atomic E-state index is 10.8. The second kappa shape index (κ2) is 11.7. The zero-order valence-electron chi connectivity index (χ0n) is 21.2. The van der Waals surface area contributed by atoms with Gasteiger partial charge in [0, 0.05) is 11.9 Å². The van der Waals surface area contributed by atoms with Gasteiger partial charge < -0.3 is 19.7 Å². The average Bonchev–Trinajstić information content (AvgIpc) is 2.70. The Morgan fingerprint density at radius 1 is 1.38 bits per heavy atom. The lowest BCUT2D eigenvalue weighted by Gasteiger charge is -2.44. The first kappa shape index (κ1) is 26.9. The summed E-state index contributed by atoms with van der Waals surface area (Å²) in [7, 11) is 0. The molecule has 1 aliphatic carbocycles. The van der Waals surface area contributed by atoms with Crippen LogP contribution in [-0.2, 0) is 9.53 Å². The van der Waals surface area contributed by atoms with Crippen molar-refractivity contribution in [3.8, 4) is 0 Å². The van der Waals surface area contributed by atoms with Gasteiger partial charge in [-0.3, -0.25) is 0 Å². The Kier molecular flexibility index (Phi) is 9.78. The lowest BCUT2D eigenvalue weighted by atomic mass is 9.78. The van der Waals surface area contributed by atoms with Gasteiger partial charge in [0.2, 0.25) is 0 Å². The van der Waals surface area contributed by atoms with E-state index >= 15 is 0 Å². The van der Waals surface area contributed by atoms with Crippen LogP contribution in [0.5, 0.6) is 0 Å². The molecule has 0 spiro atoms. The quantitative estimate of drug-likeness (QED) is 0.394. The van der Waals surface area contributed by atoms with E-state index in [1.54, 1.807) is 6.92 Å². The summed E-state index contributed by atoms with van der Waals surface area (Å²) in [5.74, 6) is -0.992. The van der Waals surface area contributed by atoms with E-state index in [1.165, 1.54) is 16.7 Å². The van der Waals surface area contributed by atoms with Crippen LogP contribution in [0.4, 0.5) is 0 Å². The fourth-order valence-electron chi connectivity index (χ4n) is 4.91. The molecule has 32 heavy (non-hydrogen) atoms. The van der Waals surface area contributed by atoms with Gasteiger partial charge in [-0.1, -0.05) is 43.2 Å². The molecule has 4 nitrogen and oxygen atoms in total. The highest BCUT2D eigenvalue weighted by Gasteiger charge is 2.38. The second-order valence-electron chi connectivity index (χ2n) is 11.0. The zero-order chi connectivity index (χ0) is 23.9. The Bertz CT molecular complexity index is 730. The van der Waals surface area contributed by atoms with Gasteiger partial charge in [0.15, 0.2) is 0 Å². The number of hydrogen-bond acceptors (Lipinski definition) is 4. The van der Waals surface area contributed by atoms with Crippen LogP contribution in [0.3, 0.4) is 0 Å². The summed E-state index contributed by atoms with van der Waals surface area (Å²) in [5.41, 5.74) is 3.44. The van der Waals surface area contributed by atoms with Crippen molar-refractivity contribution < 1.29 is 19.7 Å². The van der Waals surface area contributed by atoms with E-state index in [0.29, 0.717) is 25.2 Å². The highest BCUT2D eigenvalue weighted by molar-refractivity contribution is 5.66. The summed E-state index contributed by atoms with van der Waals surface area (Å²) in [4.78, 5) is 10.8. The standard InChI is InChI=1S/C28H46O4/c1-20(10-7-16-27(5,31)17-9-12-22(3)26(29)30)11-8-18-28(6)19-15-24-14-13-21(2)23(4)25(24)32-28/h11,13-14,22-23,25,31H,7-10,12,15-19H2,1-6H3,(H,29,30)/p-1/b20-11+. The summed E-state index contributed by atoms with van der Waals surface area (Å²) in [6.45, 7) is 12.5. The maximum atomic E-state index is 10.8. The molecular weight excluding hydrogens is 400 g/mol. The summed E-state index contributed by atoms with van der Waals surface area (Å²) in [5, 5.41) is 21.4. The maximum Gasteiger partial charge on any atom is 0.0858 e. The van der Waals surface area contributed by atoms with Crippen LogP contribution in [0.1, 0.15) is 106 Å². The summed E-state index contributed by atoms with van der Waals surface area (Å²) in [6.07, 6.45) is 15.9. The van der Waals surface area contributed by atoms with Gasteiger partial charge in [-0.15, -0.1) is 0 Å². The molecule has 5 atom stereocenters. The number of carbonyl (C=O) groups excluding carboxylic acids is 1. The Morgan fingerprint density at radius 2 is 2.06 bits per heavy atom. The number of carboxylic acid groups (broad SMARTS) is 1. The summed E-state index contributed by atoms with van der Waals surface area (Å²) >= 11 is 0. The van der Waals surface area contributed by atoms with E-state index in [0.717, 1.165) is 44.9 Å². The molecule has 1 fully saturated rings. The first-order chi connectivity index (χ1) is 14.9. The number of rotatable bonds is 12. The lowest BCUT2D eigenvalue weighted by molar-refractivity contribution is -0.311. The molecule has 0 bridgehead atoms. The van der Waals surface area contributed by atoms with Crippen LogP contribution >= 0.6 is 0 Å². The predicted octanol–water partition coefficient (Wildman–Crippen LogP) is 5.65. The molecule has 5 unspecified atom stereocenters. The van der Waals surface area contributed by atoms with Gasteiger partial charge in [-0.2, -0.15) is 0 Å². The van der Waals surface area contributed by atoms with Gasteiger partial charge in [0.1, 0.15) is 0 Å². The van der Waals surface area contributed by atoms with Gasteiger partial charge in [0.05, 0.1) is 17.3 Å². The van der Waals surface area contributed by atoms with Gasteiger partial charge in [-0.05, 0) is 103 Å². The predicted molar refractivity (Wildman–Crippen MR) is 129 cm³/mol. The number of aliphatic hydroxyl groups is 1. The van der Waals surface area contributed by atoms with Gasteiger partial charge in [-0.25, -0.2) is 0 Å². The molecule has 4 heteroatoms. The van der Waals surface area contributed by atoms with Crippen molar-refractivity contribution in [3.63, 3.8) is 0 Å². The molecule has 182 valence electrons. The van der Waals surface area contributed by atoms with Crippen LogP contribution < -0.4 is 5.11 Å². The van der Waals surface area contributed by atoms with Crippen molar-refractivity contribution >= 4 is 5.97 Å². The molecule has 1 heterocycles. The number of fused-ring (bicyclic) bond motifs is 1. The van der Waals surface area contributed by atoms with Gasteiger partial charge >= 0.3 is 0 Å². The number of ether oxygens (including phenoxy) is 1. The van der Waals surface area contributed by atoms with Crippen LogP contribution in [-0.4, -0.2) is 28.4 Å². The molecule has 2 aliphatic rings. The zero-order valence-corrected chi connectivity index (χ0v) is 21.2. The molecule has 1 aliphatic heterocycles. The third-order valence-electron chi connectivity index (χ3n) is 7.66.